The first-order chi connectivity index (χ1) is 9.63. The second kappa shape index (κ2) is 5.20. The van der Waals surface area contributed by atoms with E-state index in [0.29, 0.717) is 5.75 Å². The summed E-state index contributed by atoms with van der Waals surface area (Å²) in [6.45, 7) is 4.75. The zero-order valence-electron chi connectivity index (χ0n) is 12.1. The Hall–Kier alpha value is -1.96. The molecule has 0 aliphatic heterocycles. The number of anilines is 1. The van der Waals surface area contributed by atoms with E-state index in [-0.39, 0.29) is 0 Å². The molecule has 2 N–H and O–H groups in total. The molecule has 2 heteroatoms. The summed E-state index contributed by atoms with van der Waals surface area (Å²) >= 11 is 0. The number of rotatable bonds is 4. The Morgan fingerprint density at radius 1 is 1.05 bits per heavy atom. The molecule has 0 unspecified atom stereocenters. The van der Waals surface area contributed by atoms with Gasteiger partial charge < -0.3 is 10.4 Å². The van der Waals surface area contributed by atoms with Gasteiger partial charge in [-0.15, -0.1) is 0 Å². The fourth-order valence-electron chi connectivity index (χ4n) is 2.51. The van der Waals surface area contributed by atoms with E-state index in [1.165, 1.54) is 24.0 Å². The van der Waals surface area contributed by atoms with Gasteiger partial charge in [-0.1, -0.05) is 24.3 Å². The fourth-order valence-corrected chi connectivity index (χ4v) is 2.51. The number of benzene rings is 2. The van der Waals surface area contributed by atoms with Crippen LogP contribution in [0.5, 0.6) is 5.75 Å². The van der Waals surface area contributed by atoms with Crippen LogP contribution in [0.25, 0.3) is 0 Å². The van der Waals surface area contributed by atoms with Gasteiger partial charge in [0.05, 0.1) is 0 Å². The summed E-state index contributed by atoms with van der Waals surface area (Å²) < 4.78 is 0. The Morgan fingerprint density at radius 3 is 2.40 bits per heavy atom. The number of phenolic OH excluding ortho intramolecular Hbond substituents is 1. The van der Waals surface area contributed by atoms with Gasteiger partial charge in [0, 0.05) is 12.2 Å². The first-order valence-corrected chi connectivity index (χ1v) is 7.26. The summed E-state index contributed by atoms with van der Waals surface area (Å²) in [5.74, 6) is 1.18. The topological polar surface area (TPSA) is 32.3 Å². The molecule has 1 saturated carbocycles. The zero-order valence-corrected chi connectivity index (χ0v) is 12.1. The molecule has 2 aromatic carbocycles. The predicted octanol–water partition coefficient (Wildman–Crippen LogP) is 4.50. The van der Waals surface area contributed by atoms with Crippen LogP contribution in [0.4, 0.5) is 5.69 Å². The lowest BCUT2D eigenvalue weighted by atomic mass is 10.1. The predicted molar refractivity (Wildman–Crippen MR) is 83.3 cm³/mol. The number of hydrogen-bond acceptors (Lipinski definition) is 2. The zero-order chi connectivity index (χ0) is 14.1. The Morgan fingerprint density at radius 2 is 1.75 bits per heavy atom. The van der Waals surface area contributed by atoms with Gasteiger partial charge in [0.1, 0.15) is 5.75 Å². The fraction of sp³-hybridized carbons (Fsp3) is 0.333. The molecule has 20 heavy (non-hydrogen) atoms. The van der Waals surface area contributed by atoms with Crippen molar-refractivity contribution < 1.29 is 5.11 Å². The largest absolute Gasteiger partial charge is 0.508 e. The smallest absolute Gasteiger partial charge is 0.118 e. The minimum atomic E-state index is 0.363. The third kappa shape index (κ3) is 2.79. The van der Waals surface area contributed by atoms with E-state index in [1.54, 1.807) is 0 Å². The van der Waals surface area contributed by atoms with Crippen LogP contribution in [-0.2, 0) is 6.54 Å². The second-order valence-electron chi connectivity index (χ2n) is 5.82. The van der Waals surface area contributed by atoms with Crippen molar-refractivity contribution in [2.45, 2.75) is 39.2 Å². The second-order valence-corrected chi connectivity index (χ2v) is 5.82. The van der Waals surface area contributed by atoms with E-state index in [1.807, 2.05) is 26.0 Å². The van der Waals surface area contributed by atoms with Gasteiger partial charge in [0.15, 0.2) is 0 Å². The highest BCUT2D eigenvalue weighted by atomic mass is 16.3. The van der Waals surface area contributed by atoms with Gasteiger partial charge in [-0.05, 0) is 67.0 Å². The van der Waals surface area contributed by atoms with Crippen LogP contribution < -0.4 is 5.32 Å². The average molecular weight is 267 g/mol. The minimum Gasteiger partial charge on any atom is -0.508 e. The van der Waals surface area contributed by atoms with Crippen LogP contribution in [-0.4, -0.2) is 5.11 Å². The van der Waals surface area contributed by atoms with Crippen molar-refractivity contribution in [1.29, 1.82) is 0 Å². The number of phenols is 1. The molecule has 0 amide bonds. The molecule has 2 aromatic rings. The van der Waals surface area contributed by atoms with Crippen molar-refractivity contribution in [2.24, 2.45) is 0 Å². The summed E-state index contributed by atoms with van der Waals surface area (Å²) in [6.07, 6.45) is 2.70. The van der Waals surface area contributed by atoms with Crippen molar-refractivity contribution >= 4 is 5.69 Å². The van der Waals surface area contributed by atoms with Gasteiger partial charge in [-0.25, -0.2) is 0 Å². The average Bonchev–Trinajstić information content (AvgIpc) is 3.26. The van der Waals surface area contributed by atoms with E-state index >= 15 is 0 Å². The van der Waals surface area contributed by atoms with Crippen molar-refractivity contribution in [3.05, 3.63) is 58.7 Å². The molecule has 2 nitrogen and oxygen atoms in total. The monoisotopic (exact) mass is 267 g/mol. The molecule has 1 aliphatic carbocycles. The first kappa shape index (κ1) is 13.0. The molecule has 1 aliphatic rings. The van der Waals surface area contributed by atoms with Gasteiger partial charge in [-0.2, -0.15) is 0 Å². The van der Waals surface area contributed by atoms with E-state index in [4.69, 9.17) is 0 Å². The molecular weight excluding hydrogens is 246 g/mol. The van der Waals surface area contributed by atoms with Gasteiger partial charge in [0.25, 0.3) is 0 Å². The van der Waals surface area contributed by atoms with E-state index in [2.05, 4.69) is 29.6 Å². The van der Waals surface area contributed by atoms with Crippen LogP contribution in [0.2, 0.25) is 0 Å². The van der Waals surface area contributed by atoms with Crippen LogP contribution in [0, 0.1) is 13.8 Å². The Bertz CT molecular complexity index is 612. The molecular formula is C18H21NO. The Balaban J connectivity index is 1.68. The molecule has 0 bridgehead atoms. The summed E-state index contributed by atoms with van der Waals surface area (Å²) in [6, 6.07) is 12.7. The molecule has 0 atom stereocenters. The van der Waals surface area contributed by atoms with Crippen molar-refractivity contribution in [3.8, 4) is 5.75 Å². The van der Waals surface area contributed by atoms with E-state index in [0.717, 1.165) is 29.3 Å². The summed E-state index contributed by atoms with van der Waals surface area (Å²) in [7, 11) is 0. The molecule has 0 saturated heterocycles. The number of aryl methyl sites for hydroxylation is 2. The summed E-state index contributed by atoms with van der Waals surface area (Å²) in [5, 5.41) is 13.1. The lowest BCUT2D eigenvalue weighted by Crippen LogP contribution is -2.01. The summed E-state index contributed by atoms with van der Waals surface area (Å²) in [5.41, 5.74) is 5.83. The third-order valence-electron chi connectivity index (χ3n) is 4.05. The lowest BCUT2D eigenvalue weighted by molar-refractivity contribution is 0.471. The minimum absolute atomic E-state index is 0.363. The number of hydrogen-bond donors (Lipinski definition) is 2. The SMILES string of the molecule is Cc1cc(NCc2ccc(C3CC3)cc2)c(C)cc1O. The normalized spacial score (nSPS) is 14.3. The maximum Gasteiger partial charge on any atom is 0.118 e. The highest BCUT2D eigenvalue weighted by molar-refractivity contribution is 5.56. The lowest BCUT2D eigenvalue weighted by Gasteiger charge is -2.12. The van der Waals surface area contributed by atoms with Gasteiger partial charge >= 0.3 is 0 Å². The Kier molecular flexibility index (Phi) is 3.39. The quantitative estimate of drug-likeness (QED) is 0.799. The van der Waals surface area contributed by atoms with Crippen molar-refractivity contribution in [2.75, 3.05) is 5.32 Å². The molecule has 0 heterocycles. The summed E-state index contributed by atoms with van der Waals surface area (Å²) in [4.78, 5) is 0. The van der Waals surface area contributed by atoms with Gasteiger partial charge in [-0.3, -0.25) is 0 Å². The standard InChI is InChI=1S/C18H21NO/c1-12-10-18(20)13(2)9-17(12)19-11-14-3-5-15(6-4-14)16-7-8-16/h3-6,9-10,16,19-20H,7-8,11H2,1-2H3. The third-order valence-corrected chi connectivity index (χ3v) is 4.05. The van der Waals surface area contributed by atoms with Crippen LogP contribution in [0.15, 0.2) is 36.4 Å². The number of aromatic hydroxyl groups is 1. The van der Waals surface area contributed by atoms with Gasteiger partial charge in [0.2, 0.25) is 0 Å². The molecule has 3 rings (SSSR count). The number of nitrogens with one attached hydrogen (secondary N) is 1. The molecule has 0 radical (unpaired) electrons. The van der Waals surface area contributed by atoms with Crippen molar-refractivity contribution in [3.63, 3.8) is 0 Å². The molecule has 1 fully saturated rings. The maximum atomic E-state index is 9.67. The van der Waals surface area contributed by atoms with E-state index in [9.17, 15) is 5.11 Å². The van der Waals surface area contributed by atoms with Crippen molar-refractivity contribution in [1.82, 2.24) is 0 Å². The molecule has 0 spiro atoms. The molecule has 0 aromatic heterocycles. The highest BCUT2D eigenvalue weighted by Gasteiger charge is 2.22. The van der Waals surface area contributed by atoms with Crippen LogP contribution >= 0.6 is 0 Å². The highest BCUT2D eigenvalue weighted by Crippen LogP contribution is 2.39. The van der Waals surface area contributed by atoms with Crippen LogP contribution in [0.1, 0.15) is 41.0 Å². The Labute approximate surface area is 120 Å². The molecule has 104 valence electrons. The maximum absolute atomic E-state index is 9.67. The van der Waals surface area contributed by atoms with Crippen LogP contribution in [0.3, 0.4) is 0 Å². The first-order valence-electron chi connectivity index (χ1n) is 7.26. The van der Waals surface area contributed by atoms with E-state index < -0.39 is 0 Å².